The minimum absolute atomic E-state index is 0.00663. The number of rotatable bonds is 4. The molecule has 10 heteroatoms. The molecule has 0 unspecified atom stereocenters. The van der Waals surface area contributed by atoms with E-state index in [1.54, 1.807) is 7.11 Å². The van der Waals surface area contributed by atoms with E-state index in [9.17, 15) is 18.0 Å². The molecule has 0 aliphatic heterocycles. The normalized spacial score (nSPS) is 25.9. The average molecular weight is 516 g/mol. The minimum atomic E-state index is -5.19. The fourth-order valence-corrected chi connectivity index (χ4v) is 6.86. The maximum absolute atomic E-state index is 13.6. The van der Waals surface area contributed by atoms with E-state index in [0.29, 0.717) is 5.69 Å². The number of amides is 1. The van der Waals surface area contributed by atoms with Crippen LogP contribution in [0.15, 0.2) is 48.7 Å². The Kier molecular flexibility index (Phi) is 6.37. The number of aromatic amines is 1. The van der Waals surface area contributed by atoms with Crippen molar-refractivity contribution in [3.8, 4) is 17.1 Å². The number of nitrogens with zero attached hydrogens (tertiary/aromatic N) is 1. The summed E-state index contributed by atoms with van der Waals surface area (Å²) in [5.74, 6) is 1.06. The first-order valence-corrected chi connectivity index (χ1v) is 12.3. The predicted octanol–water partition coefficient (Wildman–Crippen LogP) is 3.43. The van der Waals surface area contributed by atoms with E-state index >= 15 is 0 Å². The largest absolute Gasteiger partial charge is 0.542 e. The number of ether oxygens (including phenoxy) is 1. The van der Waals surface area contributed by atoms with Gasteiger partial charge in [0.25, 0.3) is 11.7 Å². The Morgan fingerprint density at radius 1 is 1.03 bits per heavy atom. The number of carboxylic acids is 1. The highest BCUT2D eigenvalue weighted by Crippen LogP contribution is 2.55. The molecule has 4 aliphatic rings. The van der Waals surface area contributed by atoms with Crippen LogP contribution in [0.25, 0.3) is 16.9 Å². The van der Waals surface area contributed by atoms with Gasteiger partial charge in [-0.2, -0.15) is 17.6 Å². The molecule has 4 aliphatic carbocycles. The Labute approximate surface area is 211 Å². The standard InChI is InChI=1S/C25H27N3O2.C2HF3O2/c1-30-21-8-3-2-6-19(21)23-26-22(20-7-4-5-9-28(20)23)24(29)27-25-13-16-10-17(14-25)12-18(11-16)15-25;3-2(4,5)1(6)7/h2-9,16-18H,10-15H2,1H3,(H,27,29);(H,6,7). The number of hydrogen-bond donors (Lipinski definition) is 2. The van der Waals surface area contributed by atoms with Crippen molar-refractivity contribution in [1.29, 1.82) is 0 Å². The zero-order valence-corrected chi connectivity index (χ0v) is 20.3. The van der Waals surface area contributed by atoms with Gasteiger partial charge in [-0.1, -0.05) is 18.2 Å². The number of para-hydroxylation sites is 1. The third-order valence-electron chi connectivity index (χ3n) is 7.84. The zero-order chi connectivity index (χ0) is 26.4. The number of imidazole rings is 1. The lowest BCUT2D eigenvalue weighted by molar-refractivity contribution is -0.498. The first-order chi connectivity index (χ1) is 17.6. The van der Waals surface area contributed by atoms with Crippen molar-refractivity contribution in [2.24, 2.45) is 17.8 Å². The van der Waals surface area contributed by atoms with E-state index in [4.69, 9.17) is 14.6 Å². The van der Waals surface area contributed by atoms with Crippen molar-refractivity contribution < 1.29 is 37.0 Å². The molecule has 7 rings (SSSR count). The molecule has 0 saturated heterocycles. The molecule has 3 aromatic rings. The fourth-order valence-electron chi connectivity index (χ4n) is 6.86. The number of H-pyrrole nitrogens is 1. The van der Waals surface area contributed by atoms with E-state index in [1.807, 2.05) is 53.1 Å². The maximum Gasteiger partial charge on any atom is 0.430 e. The molecule has 1 aromatic carbocycles. The van der Waals surface area contributed by atoms with Gasteiger partial charge in [-0.3, -0.25) is 4.79 Å². The molecule has 2 aromatic heterocycles. The topological polar surface area (TPSA) is 98.4 Å². The molecular weight excluding hydrogens is 487 g/mol. The van der Waals surface area contributed by atoms with E-state index in [1.165, 1.54) is 19.3 Å². The van der Waals surface area contributed by atoms with Gasteiger partial charge in [0, 0.05) is 5.54 Å². The highest BCUT2D eigenvalue weighted by Gasteiger charge is 2.52. The van der Waals surface area contributed by atoms with Crippen molar-refractivity contribution in [2.75, 3.05) is 7.11 Å². The van der Waals surface area contributed by atoms with Crippen LogP contribution in [0.1, 0.15) is 49.0 Å². The van der Waals surface area contributed by atoms with Crippen LogP contribution >= 0.6 is 0 Å². The number of halogens is 3. The summed E-state index contributed by atoms with van der Waals surface area (Å²) < 4.78 is 39.2. The summed E-state index contributed by atoms with van der Waals surface area (Å²) in [5.41, 5.74) is 2.45. The van der Waals surface area contributed by atoms with Crippen LogP contribution in [0.4, 0.5) is 13.2 Å². The Balaban J connectivity index is 0.000000355. The van der Waals surface area contributed by atoms with Crippen LogP contribution < -0.4 is 19.6 Å². The van der Waals surface area contributed by atoms with Crippen LogP contribution in [0, 0.1) is 17.8 Å². The first-order valence-electron chi connectivity index (χ1n) is 12.3. The number of aromatic nitrogens is 2. The monoisotopic (exact) mass is 515 g/mol. The molecule has 2 N–H and O–H groups in total. The molecular formula is C27H28F3N3O4. The number of nitrogens with one attached hydrogen (secondary N) is 2. The SMILES string of the molecule is COc1ccccc1-c1[nH]c(C(=O)NC23CC4CC(CC(C4)C2)C3)c2cccc[n+]12.O=C([O-])C(F)(F)F. The van der Waals surface area contributed by atoms with Gasteiger partial charge in [0.05, 0.1) is 13.3 Å². The second-order valence-electron chi connectivity index (χ2n) is 10.4. The number of fused-ring (bicyclic) bond motifs is 1. The number of carboxylic acid groups (broad SMARTS) is 1. The number of benzene rings is 1. The summed E-state index contributed by atoms with van der Waals surface area (Å²) in [5, 5.41) is 12.3. The van der Waals surface area contributed by atoms with Crippen molar-refractivity contribution in [2.45, 2.75) is 50.2 Å². The molecule has 0 radical (unpaired) electrons. The predicted molar refractivity (Wildman–Crippen MR) is 125 cm³/mol. The van der Waals surface area contributed by atoms with Gasteiger partial charge in [-0.25, -0.2) is 4.98 Å². The molecule has 0 spiro atoms. The Bertz CT molecular complexity index is 1300. The van der Waals surface area contributed by atoms with Crippen molar-refractivity contribution >= 4 is 17.4 Å². The summed E-state index contributed by atoms with van der Waals surface area (Å²) in [6.07, 6.45) is 4.36. The van der Waals surface area contributed by atoms with Gasteiger partial charge in [0.2, 0.25) is 5.69 Å². The molecule has 7 nitrogen and oxygen atoms in total. The smallest absolute Gasteiger partial charge is 0.430 e. The first kappa shape index (κ1) is 25.1. The summed E-state index contributed by atoms with van der Waals surface area (Å²) in [6.45, 7) is 0. The van der Waals surface area contributed by atoms with Gasteiger partial charge >= 0.3 is 6.18 Å². The van der Waals surface area contributed by atoms with Crippen molar-refractivity contribution in [3.63, 3.8) is 0 Å². The lowest BCUT2D eigenvalue weighted by Gasteiger charge is -2.56. The number of aliphatic carboxylic acids is 1. The summed E-state index contributed by atoms with van der Waals surface area (Å²) >= 11 is 0. The van der Waals surface area contributed by atoms with Gasteiger partial charge in [-0.15, -0.1) is 0 Å². The van der Waals surface area contributed by atoms with Crippen LogP contribution in [-0.2, 0) is 4.79 Å². The van der Waals surface area contributed by atoms with Gasteiger partial charge in [0.15, 0.2) is 5.52 Å². The van der Waals surface area contributed by atoms with E-state index in [0.717, 1.165) is 59.7 Å². The third-order valence-corrected chi connectivity index (χ3v) is 7.84. The van der Waals surface area contributed by atoms with E-state index in [2.05, 4.69) is 10.3 Å². The summed E-state index contributed by atoms with van der Waals surface area (Å²) in [7, 11) is 1.68. The number of pyridine rings is 1. The van der Waals surface area contributed by atoms with Gasteiger partial charge < -0.3 is 20.0 Å². The van der Waals surface area contributed by atoms with E-state index in [-0.39, 0.29) is 11.4 Å². The van der Waals surface area contributed by atoms with E-state index < -0.39 is 12.1 Å². The molecule has 0 atom stereocenters. The Hall–Kier alpha value is -3.56. The number of methoxy groups -OCH3 is 1. The quantitative estimate of drug-likeness (QED) is 0.521. The summed E-state index contributed by atoms with van der Waals surface area (Å²) in [6, 6.07) is 13.9. The number of hydrogen-bond acceptors (Lipinski definition) is 4. The molecule has 37 heavy (non-hydrogen) atoms. The zero-order valence-electron chi connectivity index (χ0n) is 20.3. The molecule has 2 heterocycles. The number of alkyl halides is 3. The number of carbonyl (C=O) groups excluding carboxylic acids is 2. The second kappa shape index (κ2) is 9.39. The fraction of sp³-hybridized carbons (Fsp3) is 0.444. The lowest BCUT2D eigenvalue weighted by atomic mass is 9.53. The molecule has 196 valence electrons. The Morgan fingerprint density at radius 3 is 2.16 bits per heavy atom. The molecule has 4 bridgehead atoms. The second-order valence-corrected chi connectivity index (χ2v) is 10.4. The van der Waals surface area contributed by atoms with Gasteiger partial charge in [0.1, 0.15) is 17.3 Å². The lowest BCUT2D eigenvalue weighted by Crippen LogP contribution is -2.59. The number of carbonyl (C=O) groups is 2. The maximum atomic E-state index is 13.6. The van der Waals surface area contributed by atoms with Crippen molar-refractivity contribution in [1.82, 2.24) is 10.3 Å². The van der Waals surface area contributed by atoms with Crippen LogP contribution in [0.3, 0.4) is 0 Å². The molecule has 4 saturated carbocycles. The summed E-state index contributed by atoms with van der Waals surface area (Å²) in [4.78, 5) is 25.8. The van der Waals surface area contributed by atoms with Crippen molar-refractivity contribution in [3.05, 3.63) is 54.4 Å². The van der Waals surface area contributed by atoms with Crippen LogP contribution in [0.5, 0.6) is 5.75 Å². The minimum Gasteiger partial charge on any atom is -0.542 e. The highest BCUT2D eigenvalue weighted by atomic mass is 19.4. The third kappa shape index (κ3) is 4.89. The van der Waals surface area contributed by atoms with Crippen LogP contribution in [-0.4, -0.2) is 35.7 Å². The van der Waals surface area contributed by atoms with Crippen LogP contribution in [0.2, 0.25) is 0 Å². The Morgan fingerprint density at radius 2 is 1.59 bits per heavy atom. The average Bonchev–Trinajstić information content (AvgIpc) is 3.22. The van der Waals surface area contributed by atoms with Gasteiger partial charge in [-0.05, 0) is 80.5 Å². The molecule has 1 amide bonds. The molecule has 4 fully saturated rings. The highest BCUT2D eigenvalue weighted by molar-refractivity contribution is 5.99.